The van der Waals surface area contributed by atoms with Crippen LogP contribution in [0.25, 0.3) is 11.6 Å². The van der Waals surface area contributed by atoms with E-state index in [4.69, 9.17) is 4.42 Å². The fraction of sp³-hybridized carbons (Fsp3) is 0.467. The summed E-state index contributed by atoms with van der Waals surface area (Å²) < 4.78 is 6.74. The van der Waals surface area contributed by atoms with Gasteiger partial charge in [0.15, 0.2) is 11.6 Å². The Morgan fingerprint density at radius 2 is 2.05 bits per heavy atom. The number of halogens is 1. The molecule has 2 heterocycles. The smallest absolute Gasteiger partial charge is 0.197 e. The summed E-state index contributed by atoms with van der Waals surface area (Å²) in [5, 5.41) is 3.37. The van der Waals surface area contributed by atoms with E-state index in [0.29, 0.717) is 11.7 Å². The van der Waals surface area contributed by atoms with Crippen molar-refractivity contribution in [2.75, 3.05) is 11.9 Å². The van der Waals surface area contributed by atoms with Crippen LogP contribution in [-0.4, -0.2) is 16.5 Å². The second kappa shape index (κ2) is 6.56. The Kier molecular flexibility index (Phi) is 5.01. The molecule has 0 aliphatic heterocycles. The van der Waals surface area contributed by atoms with E-state index in [1.807, 2.05) is 19.1 Å². The predicted molar refractivity (Wildman–Crippen MR) is 90.1 cm³/mol. The molecule has 0 amide bonds. The van der Waals surface area contributed by atoms with E-state index in [1.54, 1.807) is 0 Å². The second-order valence-corrected chi connectivity index (χ2v) is 6.17. The van der Waals surface area contributed by atoms with Crippen LogP contribution in [-0.2, 0) is 0 Å². The lowest BCUT2D eigenvalue weighted by Crippen LogP contribution is -2.09. The molecule has 1 N–H and O–H groups in total. The molecule has 0 atom stereocenters. The molecular formula is C15H20IN3O. The molecule has 0 saturated carbocycles. The van der Waals surface area contributed by atoms with Crippen LogP contribution in [0.15, 0.2) is 16.5 Å². The number of nitrogens with zero attached hydrogens (tertiary/aromatic N) is 2. The maximum atomic E-state index is 5.65. The Labute approximate surface area is 133 Å². The maximum Gasteiger partial charge on any atom is 0.197 e. The zero-order chi connectivity index (χ0) is 14.7. The highest BCUT2D eigenvalue weighted by atomic mass is 127. The fourth-order valence-electron chi connectivity index (χ4n) is 1.87. The minimum absolute atomic E-state index is 0.349. The molecule has 0 spiro atoms. The normalized spacial score (nSPS) is 11.1. The number of aryl methyl sites for hydroxylation is 1. The van der Waals surface area contributed by atoms with Gasteiger partial charge in [0.05, 0.1) is 9.26 Å². The summed E-state index contributed by atoms with van der Waals surface area (Å²) in [4.78, 5) is 9.28. The fourth-order valence-corrected chi connectivity index (χ4v) is 2.93. The Bertz CT molecular complexity index is 593. The number of hydrogen-bond acceptors (Lipinski definition) is 4. The standard InChI is InChI=1S/C15H20IN3O/c1-5-8-17-15-12(16)13(9(2)3)18-14(19-15)11-7-6-10(4)20-11/h6-7,9H,5,8H2,1-4H3,(H,17,18,19). The van der Waals surface area contributed by atoms with Crippen molar-refractivity contribution in [3.8, 4) is 11.6 Å². The SMILES string of the molecule is CCCNc1nc(-c2ccc(C)o2)nc(C(C)C)c1I. The van der Waals surface area contributed by atoms with Crippen LogP contribution in [0.3, 0.4) is 0 Å². The highest BCUT2D eigenvalue weighted by Crippen LogP contribution is 2.29. The maximum absolute atomic E-state index is 5.65. The summed E-state index contributed by atoms with van der Waals surface area (Å²) in [5.74, 6) is 3.49. The quantitative estimate of drug-likeness (QED) is 0.765. The van der Waals surface area contributed by atoms with E-state index in [-0.39, 0.29) is 0 Å². The molecule has 0 aliphatic rings. The third-order valence-corrected chi connectivity index (χ3v) is 3.99. The summed E-state index contributed by atoms with van der Waals surface area (Å²) in [6.45, 7) is 9.26. The topological polar surface area (TPSA) is 51.0 Å². The van der Waals surface area contributed by atoms with E-state index in [9.17, 15) is 0 Å². The molecular weight excluding hydrogens is 365 g/mol. The zero-order valence-corrected chi connectivity index (χ0v) is 14.5. The largest absolute Gasteiger partial charge is 0.458 e. The van der Waals surface area contributed by atoms with E-state index in [2.05, 4.69) is 58.6 Å². The third kappa shape index (κ3) is 3.31. The van der Waals surface area contributed by atoms with Crippen LogP contribution in [0.5, 0.6) is 0 Å². The van der Waals surface area contributed by atoms with Crippen molar-refractivity contribution in [1.29, 1.82) is 0 Å². The van der Waals surface area contributed by atoms with Crippen LogP contribution in [0, 0.1) is 10.5 Å². The number of furan rings is 1. The Morgan fingerprint density at radius 3 is 2.60 bits per heavy atom. The molecule has 5 heteroatoms. The van der Waals surface area contributed by atoms with Gasteiger partial charge in [-0.3, -0.25) is 0 Å². The average Bonchev–Trinajstić information content (AvgIpc) is 2.84. The monoisotopic (exact) mass is 385 g/mol. The summed E-state index contributed by atoms with van der Waals surface area (Å²) in [6.07, 6.45) is 1.06. The van der Waals surface area contributed by atoms with E-state index in [1.165, 1.54) is 0 Å². The van der Waals surface area contributed by atoms with E-state index < -0.39 is 0 Å². The van der Waals surface area contributed by atoms with Crippen LogP contribution < -0.4 is 5.32 Å². The first-order valence-electron chi connectivity index (χ1n) is 6.91. The minimum Gasteiger partial charge on any atom is -0.458 e. The minimum atomic E-state index is 0.349. The number of aromatic nitrogens is 2. The highest BCUT2D eigenvalue weighted by molar-refractivity contribution is 14.1. The first kappa shape index (κ1) is 15.3. The molecule has 0 aliphatic carbocycles. The third-order valence-electron chi connectivity index (χ3n) is 2.93. The van der Waals surface area contributed by atoms with Crippen molar-refractivity contribution in [1.82, 2.24) is 9.97 Å². The van der Waals surface area contributed by atoms with Gasteiger partial charge in [-0.15, -0.1) is 0 Å². The summed E-state index contributed by atoms with van der Waals surface area (Å²) in [5.41, 5.74) is 1.06. The second-order valence-electron chi connectivity index (χ2n) is 5.09. The average molecular weight is 385 g/mol. The van der Waals surface area contributed by atoms with Crippen LogP contribution in [0.4, 0.5) is 5.82 Å². The Balaban J connectivity index is 2.49. The van der Waals surface area contributed by atoms with Gasteiger partial charge < -0.3 is 9.73 Å². The van der Waals surface area contributed by atoms with Gasteiger partial charge in [0.25, 0.3) is 0 Å². The van der Waals surface area contributed by atoms with Crippen molar-refractivity contribution in [3.05, 3.63) is 27.2 Å². The Morgan fingerprint density at radius 1 is 1.30 bits per heavy atom. The van der Waals surface area contributed by atoms with Gasteiger partial charge in [0.2, 0.25) is 0 Å². The van der Waals surface area contributed by atoms with Gasteiger partial charge in [-0.05, 0) is 54.0 Å². The van der Waals surface area contributed by atoms with Crippen molar-refractivity contribution >= 4 is 28.4 Å². The van der Waals surface area contributed by atoms with Gasteiger partial charge in [-0.25, -0.2) is 9.97 Å². The molecule has 20 heavy (non-hydrogen) atoms. The van der Waals surface area contributed by atoms with Crippen LogP contribution in [0.1, 0.15) is 44.6 Å². The Hall–Kier alpha value is -1.11. The first-order chi connectivity index (χ1) is 9.52. The van der Waals surface area contributed by atoms with Gasteiger partial charge in [0.1, 0.15) is 11.6 Å². The number of hydrogen-bond donors (Lipinski definition) is 1. The lowest BCUT2D eigenvalue weighted by atomic mass is 10.1. The summed E-state index contributed by atoms with van der Waals surface area (Å²) in [7, 11) is 0. The molecule has 2 rings (SSSR count). The van der Waals surface area contributed by atoms with Gasteiger partial charge in [-0.1, -0.05) is 20.8 Å². The molecule has 0 saturated heterocycles. The molecule has 0 radical (unpaired) electrons. The molecule has 108 valence electrons. The van der Waals surface area contributed by atoms with Gasteiger partial charge >= 0.3 is 0 Å². The van der Waals surface area contributed by atoms with Gasteiger partial charge in [-0.2, -0.15) is 0 Å². The predicted octanol–water partition coefficient (Wildman–Crippen LogP) is 4.59. The van der Waals surface area contributed by atoms with Crippen molar-refractivity contribution in [2.45, 2.75) is 40.0 Å². The van der Waals surface area contributed by atoms with Crippen LogP contribution in [0.2, 0.25) is 0 Å². The zero-order valence-electron chi connectivity index (χ0n) is 12.3. The molecule has 0 aromatic carbocycles. The summed E-state index contributed by atoms with van der Waals surface area (Å²) in [6, 6.07) is 3.86. The lowest BCUT2D eigenvalue weighted by Gasteiger charge is -2.14. The van der Waals surface area contributed by atoms with Crippen LogP contribution >= 0.6 is 22.6 Å². The number of anilines is 1. The van der Waals surface area contributed by atoms with Crippen molar-refractivity contribution in [2.24, 2.45) is 0 Å². The number of rotatable bonds is 5. The molecule has 2 aromatic heterocycles. The van der Waals surface area contributed by atoms with E-state index in [0.717, 1.165) is 39.6 Å². The van der Waals surface area contributed by atoms with Gasteiger partial charge in [0, 0.05) is 6.54 Å². The summed E-state index contributed by atoms with van der Waals surface area (Å²) >= 11 is 2.32. The van der Waals surface area contributed by atoms with Crippen molar-refractivity contribution < 1.29 is 4.42 Å². The molecule has 0 bridgehead atoms. The van der Waals surface area contributed by atoms with Crippen molar-refractivity contribution in [3.63, 3.8) is 0 Å². The van der Waals surface area contributed by atoms with E-state index >= 15 is 0 Å². The molecule has 2 aromatic rings. The highest BCUT2D eigenvalue weighted by Gasteiger charge is 2.17. The first-order valence-corrected chi connectivity index (χ1v) is 7.99. The molecule has 0 fully saturated rings. The molecule has 4 nitrogen and oxygen atoms in total. The number of nitrogens with one attached hydrogen (secondary N) is 1. The lowest BCUT2D eigenvalue weighted by molar-refractivity contribution is 0.543. The molecule has 0 unspecified atom stereocenters.